The van der Waals surface area contributed by atoms with Gasteiger partial charge < -0.3 is 4.74 Å². The van der Waals surface area contributed by atoms with Crippen LogP contribution in [0.4, 0.5) is 4.39 Å². The molecule has 4 nitrogen and oxygen atoms in total. The first-order valence-corrected chi connectivity index (χ1v) is 9.33. The maximum absolute atomic E-state index is 13.2. The van der Waals surface area contributed by atoms with E-state index in [1.807, 2.05) is 24.3 Å². The van der Waals surface area contributed by atoms with Gasteiger partial charge in [-0.2, -0.15) is 4.31 Å². The van der Waals surface area contributed by atoms with Crippen LogP contribution in [0.5, 0.6) is 5.75 Å². The van der Waals surface area contributed by atoms with Gasteiger partial charge in [-0.25, -0.2) is 12.8 Å². The van der Waals surface area contributed by atoms with Crippen molar-refractivity contribution in [2.24, 2.45) is 0 Å². The molecule has 1 heterocycles. The Kier molecular flexibility index (Phi) is 4.80. The molecule has 24 heavy (non-hydrogen) atoms. The van der Waals surface area contributed by atoms with E-state index in [9.17, 15) is 12.8 Å². The molecule has 0 bridgehead atoms. The highest BCUT2D eigenvalue weighted by atomic mass is 35.5. The first-order chi connectivity index (χ1) is 11.4. The average Bonchev–Trinajstić information content (AvgIpc) is 3.05. The van der Waals surface area contributed by atoms with Crippen LogP contribution in [0.15, 0.2) is 47.4 Å². The first-order valence-electron chi connectivity index (χ1n) is 7.51. The Bertz CT molecular complexity index is 839. The van der Waals surface area contributed by atoms with Gasteiger partial charge in [0, 0.05) is 13.1 Å². The van der Waals surface area contributed by atoms with E-state index in [1.165, 1.54) is 10.4 Å². The van der Waals surface area contributed by atoms with Gasteiger partial charge in [-0.15, -0.1) is 0 Å². The molecule has 0 aliphatic carbocycles. The van der Waals surface area contributed by atoms with Gasteiger partial charge in [-0.3, -0.25) is 0 Å². The molecule has 2 aromatic rings. The minimum Gasteiger partial charge on any atom is -0.497 e. The Labute approximate surface area is 145 Å². The zero-order valence-corrected chi connectivity index (χ0v) is 14.6. The zero-order chi connectivity index (χ0) is 17.3. The Morgan fingerprint density at radius 2 is 1.92 bits per heavy atom. The van der Waals surface area contributed by atoms with Crippen LogP contribution in [0.2, 0.25) is 5.02 Å². The largest absolute Gasteiger partial charge is 0.497 e. The van der Waals surface area contributed by atoms with Crippen LogP contribution in [-0.4, -0.2) is 32.9 Å². The van der Waals surface area contributed by atoms with E-state index in [4.69, 9.17) is 16.3 Å². The summed E-state index contributed by atoms with van der Waals surface area (Å²) in [5.41, 5.74) is 1.07. The van der Waals surface area contributed by atoms with Gasteiger partial charge in [0.15, 0.2) is 0 Å². The quantitative estimate of drug-likeness (QED) is 0.826. The second kappa shape index (κ2) is 6.70. The summed E-state index contributed by atoms with van der Waals surface area (Å²) in [6.07, 6.45) is 0.727. The summed E-state index contributed by atoms with van der Waals surface area (Å²) < 4.78 is 45.2. The Morgan fingerprint density at radius 1 is 1.21 bits per heavy atom. The molecule has 1 saturated heterocycles. The normalized spacial score (nSPS) is 18.7. The number of methoxy groups -OCH3 is 1. The van der Waals surface area contributed by atoms with E-state index in [0.29, 0.717) is 13.1 Å². The van der Waals surface area contributed by atoms with Crippen molar-refractivity contribution >= 4 is 21.6 Å². The van der Waals surface area contributed by atoms with Gasteiger partial charge in [0.2, 0.25) is 10.0 Å². The van der Waals surface area contributed by atoms with E-state index in [-0.39, 0.29) is 15.8 Å². The molecule has 1 atom stereocenters. The molecule has 0 spiro atoms. The fraction of sp³-hybridized carbons (Fsp3) is 0.294. The Morgan fingerprint density at radius 3 is 2.54 bits per heavy atom. The third kappa shape index (κ3) is 3.27. The molecule has 1 aliphatic heterocycles. The van der Waals surface area contributed by atoms with Crippen molar-refractivity contribution in [2.45, 2.75) is 17.2 Å². The number of hydrogen-bond acceptors (Lipinski definition) is 3. The molecule has 1 aliphatic rings. The lowest BCUT2D eigenvalue weighted by Crippen LogP contribution is -2.29. The van der Waals surface area contributed by atoms with E-state index < -0.39 is 15.8 Å². The van der Waals surface area contributed by atoms with Gasteiger partial charge in [0.05, 0.1) is 12.1 Å². The predicted octanol–water partition coefficient (Wildman–Crippen LogP) is 3.67. The number of ether oxygens (including phenoxy) is 1. The second-order valence-electron chi connectivity index (χ2n) is 5.70. The van der Waals surface area contributed by atoms with E-state index >= 15 is 0 Å². The van der Waals surface area contributed by atoms with Gasteiger partial charge in [0.25, 0.3) is 0 Å². The summed E-state index contributed by atoms with van der Waals surface area (Å²) in [6, 6.07) is 11.0. The highest BCUT2D eigenvalue weighted by Gasteiger charge is 2.34. The molecular formula is C17H17ClFNO3S. The van der Waals surface area contributed by atoms with Crippen molar-refractivity contribution in [3.63, 3.8) is 0 Å². The summed E-state index contributed by atoms with van der Waals surface area (Å²) in [5.74, 6) is 0.320. The lowest BCUT2D eigenvalue weighted by atomic mass is 9.99. The molecule has 1 unspecified atom stereocenters. The summed E-state index contributed by atoms with van der Waals surface area (Å²) in [5, 5.41) is -0.0945. The molecule has 1 fully saturated rings. The molecule has 7 heteroatoms. The summed E-state index contributed by atoms with van der Waals surface area (Å²) >= 11 is 5.92. The number of rotatable bonds is 4. The van der Waals surface area contributed by atoms with Gasteiger partial charge in [-0.05, 0) is 48.2 Å². The Hall–Kier alpha value is -1.63. The van der Waals surface area contributed by atoms with Crippen molar-refractivity contribution in [3.8, 4) is 5.75 Å². The Balaban J connectivity index is 1.81. The lowest BCUT2D eigenvalue weighted by Gasteiger charge is -2.17. The predicted molar refractivity (Wildman–Crippen MR) is 90.5 cm³/mol. The number of nitrogens with zero attached hydrogens (tertiary/aromatic N) is 1. The number of benzene rings is 2. The van der Waals surface area contributed by atoms with Crippen molar-refractivity contribution in [3.05, 3.63) is 58.9 Å². The molecule has 2 aromatic carbocycles. The van der Waals surface area contributed by atoms with Crippen LogP contribution >= 0.6 is 11.6 Å². The standard InChI is InChI=1S/C17H17ClFNO3S/c1-23-15-5-2-12(3-6-15)13-8-9-20(11-13)24(21,22)17-7-4-14(19)10-16(17)18/h2-7,10,13H,8-9,11H2,1H3. The zero-order valence-electron chi connectivity index (χ0n) is 13.1. The maximum Gasteiger partial charge on any atom is 0.244 e. The smallest absolute Gasteiger partial charge is 0.244 e. The van der Waals surface area contributed by atoms with Gasteiger partial charge in [0.1, 0.15) is 16.5 Å². The molecule has 128 valence electrons. The molecule has 0 N–H and O–H groups in total. The highest BCUT2D eigenvalue weighted by Crippen LogP contribution is 2.33. The van der Waals surface area contributed by atoms with Crippen molar-refractivity contribution in [1.29, 1.82) is 0 Å². The number of sulfonamides is 1. The van der Waals surface area contributed by atoms with Crippen LogP contribution in [0, 0.1) is 5.82 Å². The molecule has 0 saturated carbocycles. The van der Waals surface area contributed by atoms with Gasteiger partial charge >= 0.3 is 0 Å². The summed E-state index contributed by atoms with van der Waals surface area (Å²) in [4.78, 5) is -0.0547. The van der Waals surface area contributed by atoms with Gasteiger partial charge in [-0.1, -0.05) is 23.7 Å². The number of hydrogen-bond donors (Lipinski definition) is 0. The topological polar surface area (TPSA) is 46.6 Å². The number of halogens is 2. The molecule has 3 rings (SSSR count). The van der Waals surface area contributed by atoms with Crippen LogP contribution < -0.4 is 4.74 Å². The van der Waals surface area contributed by atoms with E-state index in [2.05, 4.69) is 0 Å². The van der Waals surface area contributed by atoms with Crippen molar-refractivity contribution in [1.82, 2.24) is 4.31 Å². The van der Waals surface area contributed by atoms with Crippen molar-refractivity contribution in [2.75, 3.05) is 20.2 Å². The molecule has 0 amide bonds. The lowest BCUT2D eigenvalue weighted by molar-refractivity contribution is 0.414. The highest BCUT2D eigenvalue weighted by molar-refractivity contribution is 7.89. The molecular weight excluding hydrogens is 353 g/mol. The summed E-state index contributed by atoms with van der Waals surface area (Å²) in [7, 11) is -2.13. The van der Waals surface area contributed by atoms with Crippen LogP contribution in [0.3, 0.4) is 0 Å². The van der Waals surface area contributed by atoms with E-state index in [1.54, 1.807) is 7.11 Å². The van der Waals surface area contributed by atoms with Crippen LogP contribution in [0.25, 0.3) is 0 Å². The minimum absolute atomic E-state index is 0.0547. The fourth-order valence-corrected chi connectivity index (χ4v) is 4.92. The van der Waals surface area contributed by atoms with E-state index in [0.717, 1.165) is 29.9 Å². The molecule has 0 aromatic heterocycles. The SMILES string of the molecule is COc1ccc(C2CCN(S(=O)(=O)c3ccc(F)cc3Cl)C2)cc1. The van der Waals surface area contributed by atoms with Crippen LogP contribution in [0.1, 0.15) is 17.9 Å². The van der Waals surface area contributed by atoms with Crippen LogP contribution in [-0.2, 0) is 10.0 Å². The maximum atomic E-state index is 13.2. The fourth-order valence-electron chi connectivity index (χ4n) is 2.92. The second-order valence-corrected chi connectivity index (χ2v) is 8.01. The monoisotopic (exact) mass is 369 g/mol. The first kappa shape index (κ1) is 17.2. The average molecular weight is 370 g/mol. The third-order valence-electron chi connectivity index (χ3n) is 4.25. The third-order valence-corrected chi connectivity index (χ3v) is 6.60. The molecule has 0 radical (unpaired) electrons. The van der Waals surface area contributed by atoms with Crippen molar-refractivity contribution < 1.29 is 17.5 Å². The minimum atomic E-state index is -3.73. The summed E-state index contributed by atoms with van der Waals surface area (Å²) in [6.45, 7) is 0.787.